The molecule has 102 valence electrons. The van der Waals surface area contributed by atoms with E-state index < -0.39 is 17.4 Å². The number of unbranched alkanes of at least 4 members (excludes halogenated alkanes) is 1. The molecule has 5 heteroatoms. The Kier molecular flexibility index (Phi) is 7.43. The van der Waals surface area contributed by atoms with Crippen LogP contribution in [-0.4, -0.2) is 27.9 Å². The van der Waals surface area contributed by atoms with Crippen LogP contribution < -0.4 is 0 Å². The van der Waals surface area contributed by atoms with Gasteiger partial charge in [0.05, 0.1) is 5.41 Å². The van der Waals surface area contributed by atoms with E-state index in [1.807, 2.05) is 0 Å². The molecule has 0 saturated carbocycles. The number of allylic oxidation sites excluding steroid dienone is 2. The Labute approximate surface area is 113 Å². The molecule has 1 unspecified atom stereocenters. The fourth-order valence-electron chi connectivity index (χ4n) is 1.34. The lowest BCUT2D eigenvalue weighted by molar-refractivity contribution is -0.145. The minimum absolute atomic E-state index is 0.0359. The Bertz CT molecular complexity index is 358. The summed E-state index contributed by atoms with van der Waals surface area (Å²) in [5.41, 5.74) is -0.949. The van der Waals surface area contributed by atoms with Crippen LogP contribution >= 0.6 is 12.6 Å². The Morgan fingerprint density at radius 3 is 2.39 bits per heavy atom. The van der Waals surface area contributed by atoms with Crippen molar-refractivity contribution in [2.75, 3.05) is 5.75 Å². The van der Waals surface area contributed by atoms with Crippen molar-refractivity contribution in [1.29, 1.82) is 0 Å². The Hall–Kier alpha value is -1.23. The minimum Gasteiger partial charge on any atom is -0.481 e. The summed E-state index contributed by atoms with van der Waals surface area (Å²) >= 11 is 4.00. The molecule has 0 heterocycles. The van der Waals surface area contributed by atoms with Gasteiger partial charge in [0.15, 0.2) is 0 Å². The normalized spacial score (nSPS) is 21.6. The molecule has 0 aromatic rings. The lowest BCUT2D eigenvalue weighted by Gasteiger charge is -2.23. The molecule has 0 spiro atoms. The largest absolute Gasteiger partial charge is 0.481 e. The highest BCUT2D eigenvalue weighted by molar-refractivity contribution is 7.80. The molecule has 1 aliphatic carbocycles. The highest BCUT2D eigenvalue weighted by Crippen LogP contribution is 2.31. The summed E-state index contributed by atoms with van der Waals surface area (Å²) in [6, 6.07) is 0. The zero-order chi connectivity index (χ0) is 14.2. The molecule has 2 N–H and O–H groups in total. The molecule has 0 amide bonds. The van der Waals surface area contributed by atoms with Crippen LogP contribution in [-0.2, 0) is 9.59 Å². The van der Waals surface area contributed by atoms with Gasteiger partial charge in [0, 0.05) is 5.57 Å². The Balaban J connectivity index is 0.000000494. The van der Waals surface area contributed by atoms with E-state index in [1.54, 1.807) is 0 Å². The van der Waals surface area contributed by atoms with E-state index in [0.717, 1.165) is 5.75 Å². The van der Waals surface area contributed by atoms with Crippen molar-refractivity contribution in [1.82, 2.24) is 0 Å². The van der Waals surface area contributed by atoms with E-state index in [2.05, 4.69) is 19.6 Å². The standard InChI is InChI=1S/C9H10O4.C4H10S/c1-9(8(12)13)4-2-3-6(5-9)7(10)11;1-2-3-4-5/h2-4H,5H2,1H3,(H,10,11)(H,12,13);5H,2-4H2,1H3. The maximum atomic E-state index is 10.8. The summed E-state index contributed by atoms with van der Waals surface area (Å²) in [5.74, 6) is -1.02. The van der Waals surface area contributed by atoms with Crippen molar-refractivity contribution in [2.45, 2.75) is 33.1 Å². The zero-order valence-electron chi connectivity index (χ0n) is 10.7. The van der Waals surface area contributed by atoms with Crippen LogP contribution in [0.5, 0.6) is 0 Å². The van der Waals surface area contributed by atoms with Crippen molar-refractivity contribution >= 4 is 24.6 Å². The smallest absolute Gasteiger partial charge is 0.331 e. The third-order valence-corrected chi connectivity index (χ3v) is 2.91. The third-order valence-electron chi connectivity index (χ3n) is 2.59. The van der Waals surface area contributed by atoms with Gasteiger partial charge in [0.1, 0.15) is 0 Å². The first kappa shape index (κ1) is 16.8. The molecule has 1 rings (SSSR count). The maximum Gasteiger partial charge on any atom is 0.331 e. The number of carboxylic acid groups (broad SMARTS) is 2. The van der Waals surface area contributed by atoms with Crippen LogP contribution in [0.3, 0.4) is 0 Å². The summed E-state index contributed by atoms with van der Waals surface area (Å²) in [4.78, 5) is 21.3. The first-order valence-electron chi connectivity index (χ1n) is 5.83. The molecular weight excluding hydrogens is 252 g/mol. The Morgan fingerprint density at radius 1 is 1.44 bits per heavy atom. The molecule has 0 saturated heterocycles. The van der Waals surface area contributed by atoms with Gasteiger partial charge in [-0.3, -0.25) is 4.79 Å². The van der Waals surface area contributed by atoms with Crippen LogP contribution in [0.2, 0.25) is 0 Å². The Morgan fingerprint density at radius 2 is 2.06 bits per heavy atom. The first-order valence-corrected chi connectivity index (χ1v) is 6.46. The van der Waals surface area contributed by atoms with E-state index in [0.29, 0.717) is 0 Å². The van der Waals surface area contributed by atoms with Gasteiger partial charge in [0.2, 0.25) is 0 Å². The van der Waals surface area contributed by atoms with Gasteiger partial charge in [-0.15, -0.1) is 0 Å². The van der Waals surface area contributed by atoms with Crippen LogP contribution in [0, 0.1) is 5.41 Å². The summed E-state index contributed by atoms with van der Waals surface area (Å²) in [5, 5.41) is 17.5. The summed E-state index contributed by atoms with van der Waals surface area (Å²) in [6.45, 7) is 3.66. The summed E-state index contributed by atoms with van der Waals surface area (Å²) in [7, 11) is 0. The molecule has 0 aliphatic heterocycles. The monoisotopic (exact) mass is 272 g/mol. The van der Waals surface area contributed by atoms with Crippen LogP contribution in [0.4, 0.5) is 0 Å². The minimum atomic E-state index is -1.08. The van der Waals surface area contributed by atoms with Gasteiger partial charge in [-0.2, -0.15) is 12.6 Å². The molecule has 0 aromatic heterocycles. The number of carbonyl (C=O) groups is 2. The summed E-state index contributed by atoms with van der Waals surface area (Å²) < 4.78 is 0. The van der Waals surface area contributed by atoms with Crippen molar-refractivity contribution in [3.8, 4) is 0 Å². The van der Waals surface area contributed by atoms with Crippen molar-refractivity contribution in [3.63, 3.8) is 0 Å². The van der Waals surface area contributed by atoms with Gasteiger partial charge < -0.3 is 10.2 Å². The number of thiol groups is 1. The topological polar surface area (TPSA) is 74.6 Å². The fraction of sp³-hybridized carbons (Fsp3) is 0.538. The molecule has 0 fully saturated rings. The number of hydrogen-bond acceptors (Lipinski definition) is 3. The van der Waals surface area contributed by atoms with Gasteiger partial charge >= 0.3 is 11.9 Å². The molecule has 1 atom stereocenters. The molecule has 0 radical (unpaired) electrons. The number of hydrogen-bond donors (Lipinski definition) is 3. The van der Waals surface area contributed by atoms with Crippen molar-refractivity contribution in [2.24, 2.45) is 5.41 Å². The molecule has 4 nitrogen and oxygen atoms in total. The molecular formula is C13H20O4S. The lowest BCUT2D eigenvalue weighted by Crippen LogP contribution is -2.28. The maximum absolute atomic E-state index is 10.8. The predicted octanol–water partition coefficient (Wildman–Crippen LogP) is 2.76. The van der Waals surface area contributed by atoms with E-state index in [-0.39, 0.29) is 12.0 Å². The highest BCUT2D eigenvalue weighted by Gasteiger charge is 2.34. The molecule has 0 bridgehead atoms. The quantitative estimate of drug-likeness (QED) is 0.688. The van der Waals surface area contributed by atoms with E-state index in [4.69, 9.17) is 10.2 Å². The zero-order valence-corrected chi connectivity index (χ0v) is 11.6. The molecule has 18 heavy (non-hydrogen) atoms. The average molecular weight is 272 g/mol. The average Bonchev–Trinajstić information content (AvgIpc) is 2.30. The van der Waals surface area contributed by atoms with Crippen LogP contribution in [0.1, 0.15) is 33.1 Å². The van der Waals surface area contributed by atoms with Crippen molar-refractivity contribution in [3.05, 3.63) is 23.8 Å². The first-order chi connectivity index (χ1) is 8.37. The lowest BCUT2D eigenvalue weighted by atomic mass is 9.80. The predicted molar refractivity (Wildman–Crippen MR) is 74.0 cm³/mol. The third kappa shape index (κ3) is 5.40. The second kappa shape index (κ2) is 7.97. The number of rotatable bonds is 4. The van der Waals surface area contributed by atoms with E-state index in [1.165, 1.54) is 38.0 Å². The van der Waals surface area contributed by atoms with Crippen LogP contribution in [0.15, 0.2) is 23.8 Å². The number of carboxylic acids is 2. The van der Waals surface area contributed by atoms with Gasteiger partial charge in [-0.1, -0.05) is 31.6 Å². The van der Waals surface area contributed by atoms with Gasteiger partial charge in [0.25, 0.3) is 0 Å². The van der Waals surface area contributed by atoms with E-state index >= 15 is 0 Å². The van der Waals surface area contributed by atoms with Crippen LogP contribution in [0.25, 0.3) is 0 Å². The molecule has 0 aromatic carbocycles. The second-order valence-corrected chi connectivity index (χ2v) is 4.78. The van der Waals surface area contributed by atoms with Crippen molar-refractivity contribution < 1.29 is 19.8 Å². The molecule has 1 aliphatic rings. The van der Waals surface area contributed by atoms with E-state index in [9.17, 15) is 9.59 Å². The SMILES string of the molecule is CC1(C(=O)O)C=CC=C(C(=O)O)C1.CCCCS. The number of aliphatic carboxylic acids is 2. The fourth-order valence-corrected chi connectivity index (χ4v) is 1.66. The van der Waals surface area contributed by atoms with Gasteiger partial charge in [-0.05, 0) is 25.5 Å². The highest BCUT2D eigenvalue weighted by atomic mass is 32.1. The van der Waals surface area contributed by atoms with Gasteiger partial charge in [-0.25, -0.2) is 4.79 Å². The summed E-state index contributed by atoms with van der Waals surface area (Å²) in [6.07, 6.45) is 6.96. The second-order valence-electron chi connectivity index (χ2n) is 4.33.